The van der Waals surface area contributed by atoms with Gasteiger partial charge in [-0.2, -0.15) is 0 Å². The van der Waals surface area contributed by atoms with Crippen molar-refractivity contribution in [3.63, 3.8) is 0 Å². The molecule has 0 atom stereocenters. The maximum atomic E-state index is 12.3. The van der Waals surface area contributed by atoms with E-state index in [9.17, 15) is 4.79 Å². The van der Waals surface area contributed by atoms with E-state index in [4.69, 9.17) is 4.74 Å². The molecule has 0 aliphatic carbocycles. The lowest BCUT2D eigenvalue weighted by atomic mass is 10.1. The summed E-state index contributed by atoms with van der Waals surface area (Å²) in [6.45, 7) is 3.96. The van der Waals surface area contributed by atoms with E-state index < -0.39 is 0 Å². The lowest BCUT2D eigenvalue weighted by Gasteiger charge is -2.12. The number of nitrogens with zero attached hydrogens (tertiary/aromatic N) is 2. The molecule has 0 saturated carbocycles. The standard InChI is InChI=1S/C20H21N3O2S/c1-14-8-9-17(15(2)12-14)25-13-19(24)22-16-6-4-5-7-18(16)26-20-21-10-11-23(20)3/h4-12H,13H2,1-3H3,(H,22,24). The van der Waals surface area contributed by atoms with Gasteiger partial charge in [0.15, 0.2) is 11.8 Å². The van der Waals surface area contributed by atoms with E-state index in [-0.39, 0.29) is 12.5 Å². The molecule has 5 nitrogen and oxygen atoms in total. The maximum absolute atomic E-state index is 12.3. The lowest BCUT2D eigenvalue weighted by molar-refractivity contribution is -0.118. The second kappa shape index (κ2) is 8.10. The number of ether oxygens (including phenoxy) is 1. The normalized spacial score (nSPS) is 10.6. The van der Waals surface area contributed by atoms with Gasteiger partial charge in [0.05, 0.1) is 5.69 Å². The molecule has 0 saturated heterocycles. The van der Waals surface area contributed by atoms with Crippen molar-refractivity contribution >= 4 is 23.4 Å². The number of aryl methyl sites for hydroxylation is 3. The fourth-order valence-electron chi connectivity index (χ4n) is 2.50. The molecule has 3 aromatic rings. The number of benzene rings is 2. The van der Waals surface area contributed by atoms with Gasteiger partial charge in [-0.25, -0.2) is 4.98 Å². The highest BCUT2D eigenvalue weighted by Gasteiger charge is 2.11. The molecule has 0 radical (unpaired) electrons. The molecular weight excluding hydrogens is 346 g/mol. The van der Waals surface area contributed by atoms with Crippen molar-refractivity contribution in [2.24, 2.45) is 7.05 Å². The van der Waals surface area contributed by atoms with Crippen molar-refractivity contribution in [3.8, 4) is 5.75 Å². The van der Waals surface area contributed by atoms with Gasteiger partial charge in [0.25, 0.3) is 5.91 Å². The van der Waals surface area contributed by atoms with Gasteiger partial charge in [-0.3, -0.25) is 4.79 Å². The predicted molar refractivity (Wildman–Crippen MR) is 104 cm³/mol. The summed E-state index contributed by atoms with van der Waals surface area (Å²) in [6.07, 6.45) is 3.64. The zero-order chi connectivity index (χ0) is 18.5. The first-order valence-electron chi connectivity index (χ1n) is 8.27. The van der Waals surface area contributed by atoms with Crippen LogP contribution in [0.4, 0.5) is 5.69 Å². The van der Waals surface area contributed by atoms with Crippen LogP contribution >= 0.6 is 11.8 Å². The van der Waals surface area contributed by atoms with Crippen molar-refractivity contribution in [1.82, 2.24) is 9.55 Å². The Morgan fingerprint density at radius 1 is 1.23 bits per heavy atom. The molecule has 0 unspecified atom stereocenters. The number of aromatic nitrogens is 2. The number of amides is 1. The summed E-state index contributed by atoms with van der Waals surface area (Å²) >= 11 is 1.50. The van der Waals surface area contributed by atoms with Crippen LogP contribution in [-0.4, -0.2) is 22.1 Å². The molecule has 2 aromatic carbocycles. The van der Waals surface area contributed by atoms with Crippen molar-refractivity contribution < 1.29 is 9.53 Å². The van der Waals surface area contributed by atoms with Crippen LogP contribution < -0.4 is 10.1 Å². The van der Waals surface area contributed by atoms with Crippen LogP contribution in [0.5, 0.6) is 5.75 Å². The highest BCUT2D eigenvalue weighted by molar-refractivity contribution is 7.99. The second-order valence-corrected chi connectivity index (χ2v) is 7.03. The average Bonchev–Trinajstić information content (AvgIpc) is 3.01. The van der Waals surface area contributed by atoms with Gasteiger partial charge < -0.3 is 14.6 Å². The van der Waals surface area contributed by atoms with Crippen LogP contribution in [0.15, 0.2) is 64.9 Å². The number of rotatable bonds is 6. The van der Waals surface area contributed by atoms with Crippen LogP contribution in [-0.2, 0) is 11.8 Å². The molecule has 1 aromatic heterocycles. The monoisotopic (exact) mass is 367 g/mol. The molecule has 1 amide bonds. The molecule has 3 rings (SSSR count). The molecule has 1 heterocycles. The van der Waals surface area contributed by atoms with Crippen LogP contribution in [0.2, 0.25) is 0 Å². The fraction of sp³-hybridized carbons (Fsp3) is 0.200. The predicted octanol–water partition coefficient (Wildman–Crippen LogP) is 4.21. The number of nitrogens with one attached hydrogen (secondary N) is 1. The molecule has 0 aliphatic heterocycles. The number of hydrogen-bond acceptors (Lipinski definition) is 4. The first kappa shape index (κ1) is 18.1. The van der Waals surface area contributed by atoms with Gasteiger partial charge in [-0.1, -0.05) is 29.8 Å². The molecule has 0 aliphatic rings. The minimum atomic E-state index is -0.196. The number of imidazole rings is 1. The first-order chi connectivity index (χ1) is 12.5. The van der Waals surface area contributed by atoms with Gasteiger partial charge in [0.1, 0.15) is 5.75 Å². The lowest BCUT2D eigenvalue weighted by Crippen LogP contribution is -2.20. The summed E-state index contributed by atoms with van der Waals surface area (Å²) < 4.78 is 7.59. The summed E-state index contributed by atoms with van der Waals surface area (Å²) in [5, 5.41) is 3.78. The van der Waals surface area contributed by atoms with E-state index in [0.29, 0.717) is 0 Å². The number of hydrogen-bond donors (Lipinski definition) is 1. The minimum absolute atomic E-state index is 0.0364. The highest BCUT2D eigenvalue weighted by Crippen LogP contribution is 2.32. The van der Waals surface area contributed by atoms with Gasteiger partial charge in [-0.15, -0.1) is 0 Å². The Kier molecular flexibility index (Phi) is 5.63. The van der Waals surface area contributed by atoms with Gasteiger partial charge in [-0.05, 0) is 49.4 Å². The molecular formula is C20H21N3O2S. The smallest absolute Gasteiger partial charge is 0.262 e. The van der Waals surface area contributed by atoms with Gasteiger partial charge >= 0.3 is 0 Å². The minimum Gasteiger partial charge on any atom is -0.483 e. The zero-order valence-corrected chi connectivity index (χ0v) is 15.8. The number of para-hydroxylation sites is 1. The van der Waals surface area contributed by atoms with Gasteiger partial charge in [0, 0.05) is 24.3 Å². The highest BCUT2D eigenvalue weighted by atomic mass is 32.2. The van der Waals surface area contributed by atoms with Crippen LogP contribution in [0.25, 0.3) is 0 Å². The Hall–Kier alpha value is -2.73. The van der Waals surface area contributed by atoms with Crippen molar-refractivity contribution in [2.45, 2.75) is 23.9 Å². The van der Waals surface area contributed by atoms with E-state index >= 15 is 0 Å². The third-order valence-electron chi connectivity index (χ3n) is 3.83. The quantitative estimate of drug-likeness (QED) is 0.709. The molecule has 0 fully saturated rings. The summed E-state index contributed by atoms with van der Waals surface area (Å²) in [6, 6.07) is 13.6. The SMILES string of the molecule is Cc1ccc(OCC(=O)Nc2ccccc2Sc2nccn2C)c(C)c1. The molecule has 6 heteroatoms. The Bertz CT molecular complexity index is 921. The van der Waals surface area contributed by atoms with E-state index in [1.165, 1.54) is 17.3 Å². The van der Waals surface area contributed by atoms with Crippen molar-refractivity contribution in [1.29, 1.82) is 0 Å². The van der Waals surface area contributed by atoms with Crippen LogP contribution in [0.3, 0.4) is 0 Å². The van der Waals surface area contributed by atoms with Gasteiger partial charge in [0.2, 0.25) is 0 Å². The Balaban J connectivity index is 1.65. The number of carbonyl (C=O) groups is 1. The summed E-state index contributed by atoms with van der Waals surface area (Å²) in [5.41, 5.74) is 2.93. The zero-order valence-electron chi connectivity index (χ0n) is 15.0. The van der Waals surface area contributed by atoms with E-state index in [1.807, 2.05) is 74.1 Å². The summed E-state index contributed by atoms with van der Waals surface area (Å²) in [5.74, 6) is 0.527. The average molecular weight is 367 g/mol. The van der Waals surface area contributed by atoms with Crippen LogP contribution in [0.1, 0.15) is 11.1 Å². The van der Waals surface area contributed by atoms with E-state index in [2.05, 4.69) is 10.3 Å². The summed E-state index contributed by atoms with van der Waals surface area (Å²) in [7, 11) is 1.94. The molecule has 134 valence electrons. The van der Waals surface area contributed by atoms with E-state index in [0.717, 1.165) is 27.1 Å². The maximum Gasteiger partial charge on any atom is 0.262 e. The number of anilines is 1. The first-order valence-corrected chi connectivity index (χ1v) is 9.08. The molecule has 0 spiro atoms. The van der Waals surface area contributed by atoms with E-state index in [1.54, 1.807) is 6.20 Å². The molecule has 1 N–H and O–H groups in total. The topological polar surface area (TPSA) is 56.1 Å². The Morgan fingerprint density at radius 3 is 2.77 bits per heavy atom. The summed E-state index contributed by atoms with van der Waals surface area (Å²) in [4.78, 5) is 17.6. The number of carbonyl (C=O) groups excluding carboxylic acids is 1. The third kappa shape index (κ3) is 4.46. The third-order valence-corrected chi connectivity index (χ3v) is 4.98. The molecule has 0 bridgehead atoms. The van der Waals surface area contributed by atoms with Crippen molar-refractivity contribution in [2.75, 3.05) is 11.9 Å². The Labute approximate surface area is 157 Å². The molecule has 26 heavy (non-hydrogen) atoms. The largest absolute Gasteiger partial charge is 0.483 e. The second-order valence-electron chi connectivity index (χ2n) is 6.02. The Morgan fingerprint density at radius 2 is 2.04 bits per heavy atom. The van der Waals surface area contributed by atoms with Crippen molar-refractivity contribution in [3.05, 3.63) is 66.0 Å². The van der Waals surface area contributed by atoms with Crippen LogP contribution in [0, 0.1) is 13.8 Å². The fourth-order valence-corrected chi connectivity index (χ4v) is 3.39.